The van der Waals surface area contributed by atoms with Crippen molar-refractivity contribution in [2.75, 3.05) is 6.54 Å². The molecule has 0 amide bonds. The summed E-state index contributed by atoms with van der Waals surface area (Å²) >= 11 is 0. The Hall–Kier alpha value is -1.35. The summed E-state index contributed by atoms with van der Waals surface area (Å²) < 4.78 is 1.96. The maximum Gasteiger partial charge on any atom is 0.0926 e. The summed E-state index contributed by atoms with van der Waals surface area (Å²) in [6, 6.07) is 6.21. The van der Waals surface area contributed by atoms with E-state index in [9.17, 15) is 0 Å². The van der Waals surface area contributed by atoms with Gasteiger partial charge in [0, 0.05) is 18.1 Å². The SMILES string of the molecule is CCn1cc2c(CCN)cccc2n1. The monoisotopic (exact) mass is 189 g/mol. The number of aryl methyl sites for hydroxylation is 1. The molecule has 0 saturated carbocycles. The van der Waals surface area contributed by atoms with Crippen molar-refractivity contribution in [3.63, 3.8) is 0 Å². The largest absolute Gasteiger partial charge is 0.330 e. The standard InChI is InChI=1S/C11H15N3/c1-2-14-8-10-9(6-7-12)4-3-5-11(10)13-14/h3-5,8H,2,6-7,12H2,1H3. The summed E-state index contributed by atoms with van der Waals surface area (Å²) in [5.41, 5.74) is 7.93. The second-order valence-corrected chi connectivity index (χ2v) is 3.37. The predicted molar refractivity (Wildman–Crippen MR) is 58.2 cm³/mol. The molecule has 0 radical (unpaired) electrons. The van der Waals surface area contributed by atoms with Gasteiger partial charge in [0.25, 0.3) is 0 Å². The van der Waals surface area contributed by atoms with E-state index in [0.717, 1.165) is 18.5 Å². The fraction of sp³-hybridized carbons (Fsp3) is 0.364. The van der Waals surface area contributed by atoms with Gasteiger partial charge in [-0.2, -0.15) is 5.10 Å². The molecule has 0 saturated heterocycles. The van der Waals surface area contributed by atoms with Gasteiger partial charge in [0.15, 0.2) is 0 Å². The zero-order chi connectivity index (χ0) is 9.97. The van der Waals surface area contributed by atoms with Crippen LogP contribution in [-0.4, -0.2) is 16.3 Å². The number of nitrogens with two attached hydrogens (primary N) is 1. The molecular weight excluding hydrogens is 174 g/mol. The summed E-state index contributed by atoms with van der Waals surface area (Å²) in [6.45, 7) is 3.70. The minimum absolute atomic E-state index is 0.691. The minimum atomic E-state index is 0.691. The van der Waals surface area contributed by atoms with Crippen molar-refractivity contribution in [2.24, 2.45) is 5.73 Å². The Labute approximate surface area is 83.5 Å². The molecule has 0 spiro atoms. The Morgan fingerprint density at radius 2 is 2.29 bits per heavy atom. The minimum Gasteiger partial charge on any atom is -0.330 e. The number of rotatable bonds is 3. The summed E-state index contributed by atoms with van der Waals surface area (Å²) in [6.07, 6.45) is 3.02. The van der Waals surface area contributed by atoms with Crippen LogP contribution in [0.2, 0.25) is 0 Å². The number of fused-ring (bicyclic) bond motifs is 1. The molecule has 3 heteroatoms. The molecule has 0 unspecified atom stereocenters. The van der Waals surface area contributed by atoms with E-state index in [1.54, 1.807) is 0 Å². The lowest BCUT2D eigenvalue weighted by Crippen LogP contribution is -2.02. The summed E-state index contributed by atoms with van der Waals surface area (Å²) in [5.74, 6) is 0. The van der Waals surface area contributed by atoms with Crippen molar-refractivity contribution in [3.05, 3.63) is 30.0 Å². The van der Waals surface area contributed by atoms with E-state index in [-0.39, 0.29) is 0 Å². The Morgan fingerprint density at radius 1 is 1.43 bits per heavy atom. The van der Waals surface area contributed by atoms with Gasteiger partial charge in [0.1, 0.15) is 0 Å². The third kappa shape index (κ3) is 1.51. The normalized spacial score (nSPS) is 11.0. The number of aromatic nitrogens is 2. The first-order valence-electron chi connectivity index (χ1n) is 5.00. The smallest absolute Gasteiger partial charge is 0.0926 e. The van der Waals surface area contributed by atoms with Crippen LogP contribution in [0, 0.1) is 0 Å². The first-order chi connectivity index (χ1) is 6.85. The van der Waals surface area contributed by atoms with Crippen LogP contribution in [0.15, 0.2) is 24.4 Å². The lowest BCUT2D eigenvalue weighted by atomic mass is 10.1. The van der Waals surface area contributed by atoms with E-state index in [1.807, 2.05) is 16.8 Å². The summed E-state index contributed by atoms with van der Waals surface area (Å²) in [4.78, 5) is 0. The Morgan fingerprint density at radius 3 is 3.00 bits per heavy atom. The van der Waals surface area contributed by atoms with E-state index < -0.39 is 0 Å². The molecule has 0 atom stereocenters. The lowest BCUT2D eigenvalue weighted by molar-refractivity contribution is 0.668. The molecule has 14 heavy (non-hydrogen) atoms. The molecule has 1 aromatic heterocycles. The van der Waals surface area contributed by atoms with Crippen LogP contribution >= 0.6 is 0 Å². The number of benzene rings is 1. The molecule has 0 aliphatic carbocycles. The quantitative estimate of drug-likeness (QED) is 0.796. The maximum absolute atomic E-state index is 5.56. The van der Waals surface area contributed by atoms with Gasteiger partial charge in [-0.05, 0) is 31.5 Å². The van der Waals surface area contributed by atoms with Crippen LogP contribution < -0.4 is 5.73 Å². The van der Waals surface area contributed by atoms with Crippen molar-refractivity contribution in [1.82, 2.24) is 9.78 Å². The number of hydrogen-bond acceptors (Lipinski definition) is 2. The second kappa shape index (κ2) is 3.80. The van der Waals surface area contributed by atoms with Crippen LogP contribution in [0.25, 0.3) is 10.9 Å². The molecule has 0 aliphatic heterocycles. The topological polar surface area (TPSA) is 43.8 Å². The Balaban J connectivity index is 2.55. The molecule has 2 aromatic rings. The Kier molecular flexibility index (Phi) is 2.50. The van der Waals surface area contributed by atoms with Crippen LogP contribution in [-0.2, 0) is 13.0 Å². The molecule has 2 rings (SSSR count). The van der Waals surface area contributed by atoms with Gasteiger partial charge in [-0.25, -0.2) is 0 Å². The summed E-state index contributed by atoms with van der Waals surface area (Å²) in [5, 5.41) is 5.69. The van der Waals surface area contributed by atoms with Crippen LogP contribution in [0.3, 0.4) is 0 Å². The van der Waals surface area contributed by atoms with Gasteiger partial charge < -0.3 is 5.73 Å². The fourth-order valence-electron chi connectivity index (χ4n) is 1.69. The highest BCUT2D eigenvalue weighted by atomic mass is 15.3. The molecular formula is C11H15N3. The highest BCUT2D eigenvalue weighted by molar-refractivity contribution is 5.81. The second-order valence-electron chi connectivity index (χ2n) is 3.37. The first-order valence-corrected chi connectivity index (χ1v) is 5.00. The van der Waals surface area contributed by atoms with Gasteiger partial charge in [-0.3, -0.25) is 4.68 Å². The lowest BCUT2D eigenvalue weighted by Gasteiger charge is -1.98. The van der Waals surface area contributed by atoms with Crippen LogP contribution in [0.4, 0.5) is 0 Å². The predicted octanol–water partition coefficient (Wildman–Crippen LogP) is 1.56. The molecule has 2 N–H and O–H groups in total. The molecule has 1 aromatic carbocycles. The Bertz CT molecular complexity index is 431. The third-order valence-electron chi connectivity index (χ3n) is 2.43. The van der Waals surface area contributed by atoms with Crippen LogP contribution in [0.1, 0.15) is 12.5 Å². The van der Waals surface area contributed by atoms with E-state index in [4.69, 9.17) is 5.73 Å². The van der Waals surface area contributed by atoms with Gasteiger partial charge in [0.2, 0.25) is 0 Å². The zero-order valence-electron chi connectivity index (χ0n) is 8.40. The van der Waals surface area contributed by atoms with Crippen molar-refractivity contribution in [1.29, 1.82) is 0 Å². The third-order valence-corrected chi connectivity index (χ3v) is 2.43. The first kappa shape index (κ1) is 9.21. The van der Waals surface area contributed by atoms with Crippen molar-refractivity contribution in [2.45, 2.75) is 19.9 Å². The van der Waals surface area contributed by atoms with Crippen molar-refractivity contribution in [3.8, 4) is 0 Å². The average Bonchev–Trinajstić information content (AvgIpc) is 2.62. The van der Waals surface area contributed by atoms with E-state index in [2.05, 4.69) is 24.3 Å². The van der Waals surface area contributed by atoms with Gasteiger partial charge in [-0.1, -0.05) is 12.1 Å². The number of nitrogens with zero attached hydrogens (tertiary/aromatic N) is 2. The van der Waals surface area contributed by atoms with E-state index in [0.29, 0.717) is 6.54 Å². The van der Waals surface area contributed by atoms with Gasteiger partial charge in [-0.15, -0.1) is 0 Å². The van der Waals surface area contributed by atoms with E-state index >= 15 is 0 Å². The van der Waals surface area contributed by atoms with Gasteiger partial charge in [0.05, 0.1) is 5.52 Å². The average molecular weight is 189 g/mol. The van der Waals surface area contributed by atoms with Crippen molar-refractivity contribution >= 4 is 10.9 Å². The highest BCUT2D eigenvalue weighted by Crippen LogP contribution is 2.17. The highest BCUT2D eigenvalue weighted by Gasteiger charge is 2.03. The molecule has 3 nitrogen and oxygen atoms in total. The maximum atomic E-state index is 5.56. The molecule has 74 valence electrons. The molecule has 0 fully saturated rings. The van der Waals surface area contributed by atoms with Crippen LogP contribution in [0.5, 0.6) is 0 Å². The summed E-state index contributed by atoms with van der Waals surface area (Å²) in [7, 11) is 0. The van der Waals surface area contributed by atoms with Crippen molar-refractivity contribution < 1.29 is 0 Å². The van der Waals surface area contributed by atoms with Gasteiger partial charge >= 0.3 is 0 Å². The number of hydrogen-bond donors (Lipinski definition) is 1. The molecule has 0 bridgehead atoms. The fourth-order valence-corrected chi connectivity index (χ4v) is 1.69. The molecule has 0 aliphatic rings. The zero-order valence-corrected chi connectivity index (χ0v) is 8.40. The van der Waals surface area contributed by atoms with E-state index in [1.165, 1.54) is 10.9 Å². The molecule has 1 heterocycles.